The van der Waals surface area contributed by atoms with Crippen LogP contribution < -0.4 is 5.73 Å². The highest BCUT2D eigenvalue weighted by atomic mass is 16.5. The molecule has 0 bridgehead atoms. The first-order valence-electron chi connectivity index (χ1n) is 4.84. The third-order valence-electron chi connectivity index (χ3n) is 2.21. The molecule has 0 aromatic carbocycles. The minimum absolute atomic E-state index is 0.0319. The molecule has 0 spiro atoms. The molecule has 2 N–H and O–H groups in total. The van der Waals surface area contributed by atoms with Gasteiger partial charge < -0.3 is 10.5 Å². The molecule has 1 aromatic rings. The smallest absolute Gasteiger partial charge is 0.329 e. The number of hydrogen-bond acceptors (Lipinski definition) is 5. The van der Waals surface area contributed by atoms with Crippen LogP contribution in [0.2, 0.25) is 0 Å². The number of anilines is 1. The van der Waals surface area contributed by atoms with Gasteiger partial charge in [-0.1, -0.05) is 0 Å². The van der Waals surface area contributed by atoms with Gasteiger partial charge in [-0.05, 0) is 20.8 Å². The van der Waals surface area contributed by atoms with Gasteiger partial charge in [-0.3, -0.25) is 9.48 Å². The van der Waals surface area contributed by atoms with Crippen LogP contribution in [-0.2, 0) is 16.1 Å². The first-order valence-corrected chi connectivity index (χ1v) is 4.84. The third kappa shape index (κ3) is 2.51. The van der Waals surface area contributed by atoms with Crippen molar-refractivity contribution in [1.82, 2.24) is 9.78 Å². The van der Waals surface area contributed by atoms with E-state index >= 15 is 0 Å². The van der Waals surface area contributed by atoms with E-state index in [0.717, 1.165) is 5.69 Å². The highest BCUT2D eigenvalue weighted by Crippen LogP contribution is 2.14. The first-order chi connectivity index (χ1) is 7.45. The Morgan fingerprint density at radius 1 is 1.69 bits per heavy atom. The van der Waals surface area contributed by atoms with Crippen molar-refractivity contribution in [3.63, 3.8) is 0 Å². The van der Waals surface area contributed by atoms with Gasteiger partial charge in [-0.2, -0.15) is 10.4 Å². The second-order valence-corrected chi connectivity index (χ2v) is 3.50. The third-order valence-corrected chi connectivity index (χ3v) is 2.21. The lowest BCUT2D eigenvalue weighted by atomic mass is 10.3. The Bertz CT molecular complexity index is 444. The zero-order valence-electron chi connectivity index (χ0n) is 9.52. The van der Waals surface area contributed by atoms with Crippen molar-refractivity contribution < 1.29 is 9.53 Å². The molecule has 1 rings (SSSR count). The molecule has 0 aliphatic rings. The molecule has 1 aromatic heterocycles. The van der Waals surface area contributed by atoms with Crippen molar-refractivity contribution in [2.75, 3.05) is 5.73 Å². The predicted octanol–water partition coefficient (Wildman–Crippen LogP) is 0.537. The maximum atomic E-state index is 11.4. The number of ether oxygens (including phenoxy) is 1. The quantitative estimate of drug-likeness (QED) is 0.753. The fourth-order valence-electron chi connectivity index (χ4n) is 1.25. The topological polar surface area (TPSA) is 93.9 Å². The molecule has 0 fully saturated rings. The monoisotopic (exact) mass is 222 g/mol. The number of nitrogen functional groups attached to an aromatic ring is 1. The molecule has 0 saturated carbocycles. The average Bonchev–Trinajstić information content (AvgIpc) is 2.46. The van der Waals surface area contributed by atoms with Gasteiger partial charge in [-0.25, -0.2) is 0 Å². The summed E-state index contributed by atoms with van der Waals surface area (Å²) in [6.07, 6.45) is -0.748. The Morgan fingerprint density at radius 2 is 2.31 bits per heavy atom. The Balaban J connectivity index is 2.71. The van der Waals surface area contributed by atoms with Crippen LogP contribution in [0, 0.1) is 25.2 Å². The Kier molecular flexibility index (Phi) is 3.51. The van der Waals surface area contributed by atoms with E-state index in [1.54, 1.807) is 13.8 Å². The van der Waals surface area contributed by atoms with Crippen LogP contribution in [0.5, 0.6) is 0 Å². The number of carbonyl (C=O) groups is 1. The van der Waals surface area contributed by atoms with Gasteiger partial charge in [0, 0.05) is 0 Å². The van der Waals surface area contributed by atoms with Gasteiger partial charge in [0.15, 0.2) is 6.10 Å². The van der Waals surface area contributed by atoms with Crippen molar-refractivity contribution in [2.45, 2.75) is 33.4 Å². The van der Waals surface area contributed by atoms with Gasteiger partial charge in [-0.15, -0.1) is 0 Å². The molecule has 0 radical (unpaired) electrons. The van der Waals surface area contributed by atoms with Gasteiger partial charge in [0.25, 0.3) is 0 Å². The van der Waals surface area contributed by atoms with Crippen LogP contribution in [0.3, 0.4) is 0 Å². The lowest BCUT2D eigenvalue weighted by Crippen LogP contribution is -2.19. The van der Waals surface area contributed by atoms with E-state index in [2.05, 4.69) is 5.10 Å². The minimum Gasteiger partial charge on any atom is -0.446 e. The van der Waals surface area contributed by atoms with Crippen LogP contribution in [-0.4, -0.2) is 21.9 Å². The predicted molar refractivity (Wildman–Crippen MR) is 57.3 cm³/mol. The summed E-state index contributed by atoms with van der Waals surface area (Å²) in [5, 5.41) is 12.6. The standard InChI is InChI=1S/C10H14N4O2/c1-6(4-11)16-9(15)5-14-8(3)10(12)7(2)13-14/h6H,5,12H2,1-3H3. The summed E-state index contributed by atoms with van der Waals surface area (Å²) < 4.78 is 6.28. The van der Waals surface area contributed by atoms with Crippen molar-refractivity contribution in [3.8, 4) is 6.07 Å². The highest BCUT2D eigenvalue weighted by molar-refractivity contribution is 5.70. The van der Waals surface area contributed by atoms with E-state index in [4.69, 9.17) is 15.7 Å². The largest absolute Gasteiger partial charge is 0.446 e. The summed E-state index contributed by atoms with van der Waals surface area (Å²) in [4.78, 5) is 11.4. The second kappa shape index (κ2) is 4.66. The second-order valence-electron chi connectivity index (χ2n) is 3.50. The number of nitriles is 1. The number of esters is 1. The summed E-state index contributed by atoms with van der Waals surface area (Å²) in [7, 11) is 0. The number of rotatable bonds is 3. The van der Waals surface area contributed by atoms with E-state index in [0.29, 0.717) is 11.4 Å². The minimum atomic E-state index is -0.748. The molecule has 1 unspecified atom stereocenters. The summed E-state index contributed by atoms with van der Waals surface area (Å²) >= 11 is 0. The molecule has 16 heavy (non-hydrogen) atoms. The fraction of sp³-hybridized carbons (Fsp3) is 0.500. The van der Waals surface area contributed by atoms with E-state index in [1.165, 1.54) is 11.6 Å². The first kappa shape index (κ1) is 12.0. The molecule has 86 valence electrons. The molecule has 0 amide bonds. The summed E-state index contributed by atoms with van der Waals surface area (Å²) in [6.45, 7) is 5.02. The van der Waals surface area contributed by atoms with E-state index in [9.17, 15) is 4.79 Å². The van der Waals surface area contributed by atoms with Crippen LogP contribution in [0.4, 0.5) is 5.69 Å². The SMILES string of the molecule is Cc1nn(CC(=O)OC(C)C#N)c(C)c1N. The normalized spacial score (nSPS) is 11.9. The fourth-order valence-corrected chi connectivity index (χ4v) is 1.25. The molecule has 6 nitrogen and oxygen atoms in total. The Hall–Kier alpha value is -2.03. The van der Waals surface area contributed by atoms with Gasteiger partial charge in [0.1, 0.15) is 12.6 Å². The van der Waals surface area contributed by atoms with Crippen LogP contribution >= 0.6 is 0 Å². The van der Waals surface area contributed by atoms with Gasteiger partial charge in [0.05, 0.1) is 17.1 Å². The maximum Gasteiger partial charge on any atom is 0.329 e. The number of carbonyl (C=O) groups excluding carboxylic acids is 1. The van der Waals surface area contributed by atoms with E-state index in [-0.39, 0.29) is 6.54 Å². The van der Waals surface area contributed by atoms with E-state index in [1.807, 2.05) is 6.07 Å². The van der Waals surface area contributed by atoms with Crippen LogP contribution in [0.25, 0.3) is 0 Å². The van der Waals surface area contributed by atoms with Crippen molar-refractivity contribution >= 4 is 11.7 Å². The molecular formula is C10H14N4O2. The summed E-state index contributed by atoms with van der Waals surface area (Å²) in [5.74, 6) is -0.500. The van der Waals surface area contributed by atoms with Crippen LogP contribution in [0.1, 0.15) is 18.3 Å². The molecule has 6 heteroatoms. The van der Waals surface area contributed by atoms with E-state index < -0.39 is 12.1 Å². The Labute approximate surface area is 93.6 Å². The van der Waals surface area contributed by atoms with Crippen molar-refractivity contribution in [1.29, 1.82) is 5.26 Å². The molecule has 0 saturated heterocycles. The maximum absolute atomic E-state index is 11.4. The molecule has 1 heterocycles. The van der Waals surface area contributed by atoms with Crippen molar-refractivity contribution in [2.24, 2.45) is 0 Å². The molecule has 1 atom stereocenters. The van der Waals surface area contributed by atoms with Gasteiger partial charge >= 0.3 is 5.97 Å². The average molecular weight is 222 g/mol. The zero-order valence-corrected chi connectivity index (χ0v) is 9.52. The Morgan fingerprint density at radius 3 is 2.75 bits per heavy atom. The summed E-state index contributed by atoms with van der Waals surface area (Å²) in [6, 6.07) is 1.82. The van der Waals surface area contributed by atoms with Crippen molar-refractivity contribution in [3.05, 3.63) is 11.4 Å². The number of aryl methyl sites for hydroxylation is 1. The molecular weight excluding hydrogens is 208 g/mol. The van der Waals surface area contributed by atoms with Gasteiger partial charge in [0.2, 0.25) is 0 Å². The number of nitrogens with two attached hydrogens (primary N) is 1. The number of aromatic nitrogens is 2. The highest BCUT2D eigenvalue weighted by Gasteiger charge is 2.14. The lowest BCUT2D eigenvalue weighted by Gasteiger charge is -2.07. The number of nitrogens with zero attached hydrogens (tertiary/aromatic N) is 3. The van der Waals surface area contributed by atoms with Crippen LogP contribution in [0.15, 0.2) is 0 Å². The lowest BCUT2D eigenvalue weighted by molar-refractivity contribution is -0.146. The molecule has 0 aliphatic carbocycles. The summed E-state index contributed by atoms with van der Waals surface area (Å²) in [5.41, 5.74) is 7.69. The molecule has 0 aliphatic heterocycles. The number of hydrogen-bond donors (Lipinski definition) is 1. The zero-order chi connectivity index (χ0) is 12.3.